The van der Waals surface area contributed by atoms with Crippen LogP contribution in [-0.2, 0) is 0 Å². The van der Waals surface area contributed by atoms with Crippen molar-refractivity contribution in [1.29, 1.82) is 0 Å². The Bertz CT molecular complexity index is 18.5. The van der Waals surface area contributed by atoms with Crippen molar-refractivity contribution in [3.05, 3.63) is 0 Å². The maximum Gasteiger partial charge on any atom is 2.00 e. The Morgan fingerprint density at radius 2 is 0.400 bits per heavy atom. The average Bonchev–Trinajstić information content (AvgIpc) is 0. The van der Waals surface area contributed by atoms with E-state index in [1.54, 1.807) is 0 Å². The molecule has 0 spiro atoms. The van der Waals surface area contributed by atoms with E-state index in [-0.39, 0.29) is 178 Å². The second-order valence-electron chi connectivity index (χ2n) is 0. The molecular weight excluding hydrogens is 328 g/mol. The first-order valence-electron chi connectivity index (χ1n) is 0. The van der Waals surface area contributed by atoms with E-state index < -0.39 is 0 Å². The summed E-state index contributed by atoms with van der Waals surface area (Å²) in [4.78, 5) is 0. The van der Waals surface area contributed by atoms with Crippen molar-refractivity contribution in [2.45, 2.75) is 0 Å². The van der Waals surface area contributed by atoms with E-state index in [0.29, 0.717) is 0 Å². The van der Waals surface area contributed by atoms with Crippen LogP contribution in [0.25, 0.3) is 0 Å². The fraction of sp³-hybridized carbons (Fsp3) is 0. The molecule has 10 heteroatoms. The van der Waals surface area contributed by atoms with Gasteiger partial charge in [-0.3, -0.25) is 0 Å². The van der Waals surface area contributed by atoms with E-state index in [9.17, 15) is 0 Å². The fourth-order valence-electron chi connectivity index (χ4n) is 0. The van der Waals surface area contributed by atoms with Crippen molar-refractivity contribution in [3.63, 3.8) is 0 Å². The molecule has 0 saturated carbocycles. The molecule has 4 nitrogen and oxygen atoms in total. The molecule has 0 aromatic heterocycles. The van der Waals surface area contributed by atoms with Gasteiger partial charge in [-0.05, 0) is 0 Å². The first-order chi connectivity index (χ1) is 0. The zero-order valence-electron chi connectivity index (χ0n) is 5.17. The van der Waals surface area contributed by atoms with E-state index in [4.69, 9.17) is 0 Å². The van der Waals surface area contributed by atoms with Crippen LogP contribution >= 0.6 is 0 Å². The molecule has 0 aliphatic carbocycles. The van der Waals surface area contributed by atoms with Crippen LogP contribution in [-0.4, -0.2) is 153 Å². The Morgan fingerprint density at radius 1 is 0.400 bits per heavy atom. The van der Waals surface area contributed by atoms with E-state index in [0.717, 1.165) is 0 Å². The molecular formula is H4Ca3Cl2GeO4. The predicted octanol–water partition coefficient (Wildman–Crippen LogP) is -8.22. The van der Waals surface area contributed by atoms with Gasteiger partial charge in [0.1, 0.15) is 0 Å². The molecule has 0 unspecified atom stereocenters. The van der Waals surface area contributed by atoms with Crippen molar-refractivity contribution in [1.82, 2.24) is 0 Å². The summed E-state index contributed by atoms with van der Waals surface area (Å²) in [6, 6.07) is 0. The number of hydrogen-bond acceptors (Lipinski definition) is 4. The zero-order valence-corrected chi connectivity index (χ0v) is 15.4. The second kappa shape index (κ2) is 99.2. The van der Waals surface area contributed by atoms with Gasteiger partial charge in [-0.15, -0.1) is 0 Å². The van der Waals surface area contributed by atoms with Crippen molar-refractivity contribution in [2.24, 2.45) is 0 Å². The van der Waals surface area contributed by atoms with Crippen LogP contribution < -0.4 is 24.8 Å². The van der Waals surface area contributed by atoms with Gasteiger partial charge in [0.25, 0.3) is 0 Å². The van der Waals surface area contributed by atoms with E-state index >= 15 is 0 Å². The summed E-state index contributed by atoms with van der Waals surface area (Å²) in [5.74, 6) is 0. The molecule has 0 amide bonds. The van der Waals surface area contributed by atoms with Gasteiger partial charge < -0.3 is 46.7 Å². The Morgan fingerprint density at radius 3 is 0.400 bits per heavy atom. The summed E-state index contributed by atoms with van der Waals surface area (Å²) in [7, 11) is 0. The quantitative estimate of drug-likeness (QED) is 0.409. The summed E-state index contributed by atoms with van der Waals surface area (Å²) < 4.78 is 0. The summed E-state index contributed by atoms with van der Waals surface area (Å²) in [5, 5.41) is 0. The molecule has 0 aliphatic heterocycles. The number of rotatable bonds is 0. The smallest absolute Gasteiger partial charge is 1.00 e. The molecule has 0 saturated heterocycles. The third-order valence-electron chi connectivity index (χ3n) is 0. The summed E-state index contributed by atoms with van der Waals surface area (Å²) >= 11 is 0. The van der Waals surface area contributed by atoms with Gasteiger partial charge in [-0.2, -0.15) is 0 Å². The van der Waals surface area contributed by atoms with Crippen LogP contribution in [0.2, 0.25) is 0 Å². The van der Waals surface area contributed by atoms with E-state index in [2.05, 4.69) is 0 Å². The van der Waals surface area contributed by atoms with Crippen LogP contribution in [0, 0.1) is 0 Å². The van der Waals surface area contributed by atoms with Crippen LogP contribution in [0.15, 0.2) is 0 Å². The summed E-state index contributed by atoms with van der Waals surface area (Å²) in [6.07, 6.45) is 0. The SMILES string of the molecule is [Ca+2].[Ca+2].[Ca+2].[Cl-].[Cl-].[Ge].[OH-].[OH-].[OH-].[OH-]. The van der Waals surface area contributed by atoms with Crippen LogP contribution in [0.4, 0.5) is 0 Å². The molecule has 0 rings (SSSR count). The summed E-state index contributed by atoms with van der Waals surface area (Å²) in [5.41, 5.74) is 0. The Balaban J connectivity index is 0. The van der Waals surface area contributed by atoms with Gasteiger partial charge in [-0.1, -0.05) is 0 Å². The molecule has 0 bridgehead atoms. The molecule has 0 aromatic carbocycles. The molecule has 0 atom stereocenters. The molecule has 4 radical (unpaired) electrons. The molecule has 0 aliphatic rings. The zero-order chi connectivity index (χ0) is 0. The van der Waals surface area contributed by atoms with Crippen molar-refractivity contribution < 1.29 is 46.7 Å². The van der Waals surface area contributed by atoms with Gasteiger partial charge in [0, 0.05) is 17.6 Å². The molecule has 0 fully saturated rings. The molecule has 4 N–H and O–H groups in total. The van der Waals surface area contributed by atoms with Crippen molar-refractivity contribution in [3.8, 4) is 0 Å². The minimum atomic E-state index is 0. The second-order valence-corrected chi connectivity index (χ2v) is 0. The fourth-order valence-corrected chi connectivity index (χ4v) is 0. The predicted molar refractivity (Wildman–Crippen MR) is 30.8 cm³/mol. The minimum Gasteiger partial charge on any atom is -1.00 e. The first-order valence-corrected chi connectivity index (χ1v) is 0. The largest absolute Gasteiger partial charge is 2.00 e. The molecule has 0 heterocycles. The minimum absolute atomic E-state index is 0. The van der Waals surface area contributed by atoms with E-state index in [1.165, 1.54) is 0 Å². The molecule has 10 heavy (non-hydrogen) atoms. The number of halogens is 2. The van der Waals surface area contributed by atoms with Crippen molar-refractivity contribution in [2.75, 3.05) is 0 Å². The Labute approximate surface area is 173 Å². The number of hydrogen-bond donors (Lipinski definition) is 0. The van der Waals surface area contributed by atoms with Crippen molar-refractivity contribution >= 4 is 131 Å². The Hall–Kier alpha value is 4.74. The summed E-state index contributed by atoms with van der Waals surface area (Å²) in [6.45, 7) is 0. The average molecular weight is 332 g/mol. The molecule has 0 aromatic rings. The van der Waals surface area contributed by atoms with E-state index in [1.807, 2.05) is 0 Å². The van der Waals surface area contributed by atoms with Crippen LogP contribution in [0.1, 0.15) is 0 Å². The van der Waals surface area contributed by atoms with Crippen LogP contribution in [0.5, 0.6) is 0 Å². The maximum atomic E-state index is 0. The van der Waals surface area contributed by atoms with Gasteiger partial charge in [0.2, 0.25) is 0 Å². The van der Waals surface area contributed by atoms with Gasteiger partial charge in [0.15, 0.2) is 0 Å². The third-order valence-corrected chi connectivity index (χ3v) is 0. The van der Waals surface area contributed by atoms with Crippen LogP contribution in [0.3, 0.4) is 0 Å². The standard InChI is InChI=1S/3Ca.2ClH.Ge.4H2O/h;;;2*1H;;4*1H2/q3*+2;;;;;;;/p-6. The van der Waals surface area contributed by atoms with Gasteiger partial charge in [-0.25, -0.2) is 0 Å². The Kier molecular flexibility index (Phi) is 1230. The third kappa shape index (κ3) is 78.1. The maximum absolute atomic E-state index is 0. The monoisotopic (exact) mass is 332 g/mol. The van der Waals surface area contributed by atoms with Gasteiger partial charge >= 0.3 is 113 Å². The van der Waals surface area contributed by atoms with Gasteiger partial charge in [0.05, 0.1) is 0 Å². The first kappa shape index (κ1) is 124. The normalized spacial score (nSPS) is 0. The molecule has 52 valence electrons. The topological polar surface area (TPSA) is 120 Å².